The first-order chi connectivity index (χ1) is 20.2. The average Bonchev–Trinajstić information content (AvgIpc) is 3.39. The number of likely N-dealkylation sites (tertiary alicyclic amines) is 1. The van der Waals surface area contributed by atoms with Gasteiger partial charge in [-0.05, 0) is 45.7 Å². The first kappa shape index (κ1) is 31.4. The summed E-state index contributed by atoms with van der Waals surface area (Å²) in [6.45, 7) is 4.08. The molecular formula is C29H30F4N4O6. The number of ketones is 1. The summed E-state index contributed by atoms with van der Waals surface area (Å²) in [5, 5.41) is 2.46. The lowest BCUT2D eigenvalue weighted by Crippen LogP contribution is -2.49. The zero-order valence-corrected chi connectivity index (χ0v) is 23.6. The van der Waals surface area contributed by atoms with Crippen LogP contribution in [0.15, 0.2) is 30.3 Å². The highest BCUT2D eigenvalue weighted by Crippen LogP contribution is 2.27. The lowest BCUT2D eigenvalue weighted by atomic mass is 9.95. The molecule has 0 spiro atoms. The summed E-state index contributed by atoms with van der Waals surface area (Å²) < 4.78 is 65.0. The van der Waals surface area contributed by atoms with Gasteiger partial charge in [0, 0.05) is 25.1 Å². The molecule has 14 heteroatoms. The van der Waals surface area contributed by atoms with Crippen LogP contribution in [0, 0.1) is 29.2 Å². The van der Waals surface area contributed by atoms with Crippen molar-refractivity contribution in [1.29, 1.82) is 0 Å². The summed E-state index contributed by atoms with van der Waals surface area (Å²) >= 11 is 0. The van der Waals surface area contributed by atoms with Gasteiger partial charge in [0.1, 0.15) is 18.2 Å². The lowest BCUT2D eigenvalue weighted by molar-refractivity contribution is -0.156. The number of esters is 1. The minimum absolute atomic E-state index is 0.0135. The molecule has 0 radical (unpaired) electrons. The van der Waals surface area contributed by atoms with E-state index in [0.717, 1.165) is 0 Å². The quantitative estimate of drug-likeness (QED) is 0.215. The van der Waals surface area contributed by atoms with Gasteiger partial charge >= 0.3 is 5.97 Å². The van der Waals surface area contributed by atoms with Crippen LogP contribution in [0.1, 0.15) is 50.7 Å². The number of aromatic amines is 1. The maximum Gasteiger partial charge on any atom is 0.308 e. The molecule has 1 saturated heterocycles. The van der Waals surface area contributed by atoms with Crippen LogP contribution in [0.2, 0.25) is 0 Å². The number of ether oxygens (including phenoxy) is 2. The average molecular weight is 607 g/mol. The molecule has 1 aromatic heterocycles. The van der Waals surface area contributed by atoms with E-state index < -0.39 is 77.3 Å². The van der Waals surface area contributed by atoms with Crippen molar-refractivity contribution < 1.29 is 46.2 Å². The van der Waals surface area contributed by atoms with Gasteiger partial charge in [-0.15, -0.1) is 0 Å². The van der Waals surface area contributed by atoms with Gasteiger partial charge in [-0.1, -0.05) is 12.1 Å². The standard InChI is InChI=1S/C29H30F4N4O6/c1-29(2,3)43-22(39)13-20(21(38)14-42-25-23(32)16(30)12-17(31)24(25)33)36-27(40)15-8-10-37(11-9-15)28(41)26-34-18-6-4-5-7-19(18)35-26/h4-7,12,15,20H,8-11,13-14H2,1-3H3,(H,34,35)(H,36,40)/t20-/m0/s1. The lowest BCUT2D eigenvalue weighted by Gasteiger charge is -2.31. The molecule has 2 aromatic carbocycles. The van der Waals surface area contributed by atoms with Gasteiger partial charge in [-0.3, -0.25) is 19.2 Å². The van der Waals surface area contributed by atoms with Gasteiger partial charge in [0.25, 0.3) is 5.91 Å². The number of nitrogens with one attached hydrogen (secondary N) is 2. The van der Waals surface area contributed by atoms with E-state index >= 15 is 0 Å². The topological polar surface area (TPSA) is 131 Å². The van der Waals surface area contributed by atoms with E-state index in [1.165, 1.54) is 0 Å². The number of Topliss-reactive ketones (excluding diaryl/α,β-unsaturated/α-hetero) is 1. The zero-order valence-electron chi connectivity index (χ0n) is 23.6. The van der Waals surface area contributed by atoms with Crippen molar-refractivity contribution in [2.75, 3.05) is 19.7 Å². The van der Waals surface area contributed by atoms with Gasteiger partial charge in [-0.2, -0.15) is 8.78 Å². The molecule has 43 heavy (non-hydrogen) atoms. The van der Waals surface area contributed by atoms with E-state index in [1.54, 1.807) is 43.9 Å². The van der Waals surface area contributed by atoms with Crippen molar-refractivity contribution in [3.05, 3.63) is 59.4 Å². The van der Waals surface area contributed by atoms with Crippen molar-refractivity contribution in [1.82, 2.24) is 20.2 Å². The predicted octanol–water partition coefficient (Wildman–Crippen LogP) is 3.84. The molecule has 3 aromatic rings. The Morgan fingerprint density at radius 1 is 1.05 bits per heavy atom. The summed E-state index contributed by atoms with van der Waals surface area (Å²) in [4.78, 5) is 60.3. The SMILES string of the molecule is CC(C)(C)OC(=O)C[C@H](NC(=O)C1CCN(C(=O)c2nc3ccccc3[nH]2)CC1)C(=O)COc1c(F)c(F)cc(F)c1F. The van der Waals surface area contributed by atoms with Gasteiger partial charge in [0.05, 0.1) is 17.5 Å². The first-order valence-electron chi connectivity index (χ1n) is 13.5. The van der Waals surface area contributed by atoms with Gasteiger partial charge in [0.15, 0.2) is 29.0 Å². The number of para-hydroxylation sites is 2. The van der Waals surface area contributed by atoms with Crippen LogP contribution < -0.4 is 10.1 Å². The number of H-pyrrole nitrogens is 1. The number of fused-ring (bicyclic) bond motifs is 1. The second kappa shape index (κ2) is 12.8. The second-order valence-electron chi connectivity index (χ2n) is 11.1. The van der Waals surface area contributed by atoms with E-state index in [1.807, 2.05) is 6.07 Å². The Labute approximate surface area is 243 Å². The minimum atomic E-state index is -1.84. The molecule has 0 unspecified atom stereocenters. The number of hydrogen-bond acceptors (Lipinski definition) is 7. The van der Waals surface area contributed by atoms with E-state index in [-0.39, 0.29) is 43.7 Å². The highest BCUT2D eigenvalue weighted by Gasteiger charge is 2.33. The van der Waals surface area contributed by atoms with E-state index in [9.17, 15) is 36.7 Å². The van der Waals surface area contributed by atoms with Crippen LogP contribution >= 0.6 is 0 Å². The summed E-state index contributed by atoms with van der Waals surface area (Å²) in [6, 6.07) is 5.61. The third-order valence-electron chi connectivity index (χ3n) is 6.67. The molecule has 1 aliphatic rings. The van der Waals surface area contributed by atoms with Crippen LogP contribution in [0.5, 0.6) is 5.75 Å². The maximum absolute atomic E-state index is 14.0. The molecule has 2 amide bonds. The number of halogens is 4. The van der Waals surface area contributed by atoms with Crippen molar-refractivity contribution in [2.24, 2.45) is 5.92 Å². The fraction of sp³-hybridized carbons (Fsp3) is 0.414. The van der Waals surface area contributed by atoms with Crippen LogP contribution in [0.25, 0.3) is 11.0 Å². The Bertz CT molecular complexity index is 1490. The summed E-state index contributed by atoms with van der Waals surface area (Å²) in [5.41, 5.74) is 0.422. The van der Waals surface area contributed by atoms with Crippen molar-refractivity contribution in [2.45, 2.75) is 51.7 Å². The number of nitrogens with zero attached hydrogens (tertiary/aromatic N) is 2. The molecule has 0 aliphatic carbocycles. The minimum Gasteiger partial charge on any atom is -0.479 e. The molecule has 1 atom stereocenters. The van der Waals surface area contributed by atoms with E-state index in [0.29, 0.717) is 11.0 Å². The van der Waals surface area contributed by atoms with Gasteiger partial charge in [-0.25, -0.2) is 13.8 Å². The number of amides is 2. The smallest absolute Gasteiger partial charge is 0.308 e. The third-order valence-corrected chi connectivity index (χ3v) is 6.67. The van der Waals surface area contributed by atoms with Gasteiger partial charge < -0.3 is 24.7 Å². The van der Waals surface area contributed by atoms with Crippen LogP contribution in [0.4, 0.5) is 17.6 Å². The number of aromatic nitrogens is 2. The molecule has 1 aliphatic heterocycles. The number of rotatable bonds is 9. The Morgan fingerprint density at radius 2 is 1.67 bits per heavy atom. The van der Waals surface area contributed by atoms with Crippen LogP contribution in [0.3, 0.4) is 0 Å². The number of imidazole rings is 1. The summed E-state index contributed by atoms with van der Waals surface area (Å²) in [6.07, 6.45) is -0.168. The molecule has 4 rings (SSSR count). The number of carbonyl (C=O) groups excluding carboxylic acids is 4. The molecule has 2 N–H and O–H groups in total. The molecule has 0 bridgehead atoms. The summed E-state index contributed by atoms with van der Waals surface area (Å²) in [7, 11) is 0. The van der Waals surface area contributed by atoms with Gasteiger partial charge in [0.2, 0.25) is 17.5 Å². The molecule has 0 saturated carbocycles. The van der Waals surface area contributed by atoms with Crippen LogP contribution in [-0.4, -0.2) is 69.8 Å². The largest absolute Gasteiger partial charge is 0.479 e. The normalized spacial score (nSPS) is 14.8. The number of carbonyl (C=O) groups is 4. The zero-order chi connectivity index (χ0) is 31.5. The fourth-order valence-corrected chi connectivity index (χ4v) is 4.56. The molecular weight excluding hydrogens is 576 g/mol. The van der Waals surface area contributed by atoms with Crippen molar-refractivity contribution in [3.63, 3.8) is 0 Å². The number of hydrogen-bond donors (Lipinski definition) is 2. The van der Waals surface area contributed by atoms with E-state index in [4.69, 9.17) is 9.47 Å². The van der Waals surface area contributed by atoms with Crippen molar-refractivity contribution in [3.8, 4) is 5.75 Å². The fourth-order valence-electron chi connectivity index (χ4n) is 4.56. The molecule has 230 valence electrons. The van der Waals surface area contributed by atoms with Crippen molar-refractivity contribution >= 4 is 34.6 Å². The van der Waals surface area contributed by atoms with Crippen LogP contribution in [-0.2, 0) is 19.1 Å². The Balaban J connectivity index is 1.40. The highest BCUT2D eigenvalue weighted by molar-refractivity contribution is 5.95. The number of piperidine rings is 1. The van der Waals surface area contributed by atoms with E-state index in [2.05, 4.69) is 15.3 Å². The molecule has 10 nitrogen and oxygen atoms in total. The monoisotopic (exact) mass is 606 g/mol. The first-order valence-corrected chi connectivity index (χ1v) is 13.5. The molecule has 1 fully saturated rings. The summed E-state index contributed by atoms with van der Waals surface area (Å²) in [5.74, 6) is -11.9. The highest BCUT2D eigenvalue weighted by atomic mass is 19.2. The second-order valence-corrected chi connectivity index (χ2v) is 11.1. The Morgan fingerprint density at radius 3 is 2.28 bits per heavy atom. The third kappa shape index (κ3) is 7.67. The number of benzene rings is 2. The Kier molecular flexibility index (Phi) is 9.36. The maximum atomic E-state index is 14.0. The predicted molar refractivity (Wildman–Crippen MR) is 144 cm³/mol. The Hall–Kier alpha value is -4.49. The molecule has 2 heterocycles.